The van der Waals surface area contributed by atoms with E-state index in [0.717, 1.165) is 17.3 Å². The van der Waals surface area contributed by atoms with Gasteiger partial charge in [-0.1, -0.05) is 30.3 Å². The summed E-state index contributed by atoms with van der Waals surface area (Å²) >= 11 is 0.916. The maximum Gasteiger partial charge on any atom is 0.198 e. The molecule has 0 amide bonds. The van der Waals surface area contributed by atoms with Gasteiger partial charge in [0.25, 0.3) is 0 Å². The summed E-state index contributed by atoms with van der Waals surface area (Å²) in [6.07, 6.45) is 0. The average Bonchev–Trinajstić information content (AvgIpc) is 2.49. The van der Waals surface area contributed by atoms with Crippen molar-refractivity contribution in [2.24, 2.45) is 0 Å². The number of thioether (sulfide) groups is 1. The highest BCUT2D eigenvalue weighted by molar-refractivity contribution is 7.98. The van der Waals surface area contributed by atoms with Gasteiger partial charge in [-0.15, -0.1) is 11.8 Å². The standard InChI is InChI=1S/C13H8F4S.C2H7N/c14-9-6-10(12(16)13(17)11(9)15)18-7-8-4-2-1-3-5-8;1-3-2/h1-6H,7H2;3H,1-2H3. The normalized spacial score (nSPS) is 10.0. The zero-order valence-electron chi connectivity index (χ0n) is 11.6. The zero-order chi connectivity index (χ0) is 15.8. The maximum atomic E-state index is 13.3. The lowest BCUT2D eigenvalue weighted by atomic mass is 10.2. The Morgan fingerprint density at radius 2 is 1.48 bits per heavy atom. The van der Waals surface area contributed by atoms with Gasteiger partial charge in [-0.25, -0.2) is 17.6 Å². The lowest BCUT2D eigenvalue weighted by molar-refractivity contribution is 0.398. The van der Waals surface area contributed by atoms with Gasteiger partial charge in [0.1, 0.15) is 0 Å². The Morgan fingerprint density at radius 3 is 2.05 bits per heavy atom. The van der Waals surface area contributed by atoms with Crippen molar-refractivity contribution in [2.45, 2.75) is 10.6 Å². The van der Waals surface area contributed by atoms with Crippen molar-refractivity contribution in [1.29, 1.82) is 0 Å². The molecule has 0 fully saturated rings. The molecular weight excluding hydrogens is 302 g/mol. The van der Waals surface area contributed by atoms with Crippen LogP contribution in [-0.2, 0) is 5.75 Å². The van der Waals surface area contributed by atoms with Gasteiger partial charge in [0.2, 0.25) is 0 Å². The van der Waals surface area contributed by atoms with Gasteiger partial charge in [-0.2, -0.15) is 0 Å². The van der Waals surface area contributed by atoms with Crippen LogP contribution in [0.25, 0.3) is 0 Å². The third-order valence-corrected chi connectivity index (χ3v) is 3.39. The first-order chi connectivity index (χ1) is 10.0. The van der Waals surface area contributed by atoms with Crippen molar-refractivity contribution in [2.75, 3.05) is 14.1 Å². The zero-order valence-corrected chi connectivity index (χ0v) is 12.4. The van der Waals surface area contributed by atoms with Crippen molar-refractivity contribution >= 4 is 11.8 Å². The van der Waals surface area contributed by atoms with Crippen LogP contribution in [0.2, 0.25) is 0 Å². The first kappa shape index (κ1) is 17.5. The molecule has 0 aliphatic rings. The first-order valence-corrected chi connectivity index (χ1v) is 7.08. The Kier molecular flexibility index (Phi) is 7.25. The second-order valence-electron chi connectivity index (χ2n) is 4.07. The summed E-state index contributed by atoms with van der Waals surface area (Å²) in [6.45, 7) is 0. The molecule has 21 heavy (non-hydrogen) atoms. The van der Waals surface area contributed by atoms with Gasteiger partial charge in [-0.05, 0) is 25.7 Å². The number of hydrogen-bond donors (Lipinski definition) is 1. The average molecular weight is 317 g/mol. The number of rotatable bonds is 3. The van der Waals surface area contributed by atoms with E-state index < -0.39 is 23.3 Å². The molecule has 0 aliphatic carbocycles. The molecule has 2 rings (SSSR count). The Bertz CT molecular complexity index is 576. The highest BCUT2D eigenvalue weighted by Gasteiger charge is 2.18. The monoisotopic (exact) mass is 317 g/mol. The Balaban J connectivity index is 0.000000677. The van der Waals surface area contributed by atoms with Gasteiger partial charge in [-0.3, -0.25) is 0 Å². The van der Waals surface area contributed by atoms with E-state index in [1.165, 1.54) is 0 Å². The van der Waals surface area contributed by atoms with Crippen LogP contribution in [0.1, 0.15) is 5.56 Å². The van der Waals surface area contributed by atoms with Gasteiger partial charge in [0, 0.05) is 10.6 Å². The van der Waals surface area contributed by atoms with Gasteiger partial charge < -0.3 is 5.32 Å². The molecule has 0 bridgehead atoms. The smallest absolute Gasteiger partial charge is 0.198 e. The molecule has 0 aromatic heterocycles. The molecule has 0 atom stereocenters. The van der Waals surface area contributed by atoms with Gasteiger partial charge >= 0.3 is 0 Å². The summed E-state index contributed by atoms with van der Waals surface area (Å²) in [4.78, 5) is -0.241. The number of hydrogen-bond acceptors (Lipinski definition) is 2. The third-order valence-electron chi connectivity index (χ3n) is 2.31. The van der Waals surface area contributed by atoms with E-state index >= 15 is 0 Å². The lowest BCUT2D eigenvalue weighted by Crippen LogP contribution is -1.97. The van der Waals surface area contributed by atoms with Gasteiger partial charge in [0.05, 0.1) is 0 Å². The lowest BCUT2D eigenvalue weighted by Gasteiger charge is -2.05. The Morgan fingerprint density at radius 1 is 0.905 bits per heavy atom. The van der Waals surface area contributed by atoms with Crippen molar-refractivity contribution < 1.29 is 17.6 Å². The highest BCUT2D eigenvalue weighted by atomic mass is 32.2. The van der Waals surface area contributed by atoms with E-state index in [4.69, 9.17) is 0 Å². The number of benzene rings is 2. The molecule has 2 aromatic carbocycles. The first-order valence-electron chi connectivity index (χ1n) is 6.09. The van der Waals surface area contributed by atoms with Gasteiger partial charge in [0.15, 0.2) is 23.3 Å². The molecule has 114 valence electrons. The van der Waals surface area contributed by atoms with Crippen LogP contribution < -0.4 is 5.32 Å². The summed E-state index contributed by atoms with van der Waals surface area (Å²) < 4.78 is 52.0. The number of nitrogens with one attached hydrogen (secondary N) is 1. The SMILES string of the molecule is CNC.Fc1cc(SCc2ccccc2)c(F)c(F)c1F. The minimum absolute atomic E-state index is 0.241. The molecule has 0 saturated heterocycles. The Hall–Kier alpha value is -1.53. The summed E-state index contributed by atoms with van der Waals surface area (Å²) in [5.41, 5.74) is 0.882. The molecule has 0 radical (unpaired) electrons. The van der Waals surface area contributed by atoms with E-state index in [9.17, 15) is 17.6 Å². The molecule has 0 saturated carbocycles. The van der Waals surface area contributed by atoms with Crippen molar-refractivity contribution in [1.82, 2.24) is 5.32 Å². The fourth-order valence-corrected chi connectivity index (χ4v) is 2.31. The van der Waals surface area contributed by atoms with E-state index in [1.54, 1.807) is 24.3 Å². The largest absolute Gasteiger partial charge is 0.323 e. The second kappa shape index (κ2) is 8.69. The molecule has 1 nitrogen and oxygen atoms in total. The Labute approximate surface area is 125 Å². The van der Waals surface area contributed by atoms with Crippen LogP contribution in [0.5, 0.6) is 0 Å². The molecular formula is C15H15F4NS. The van der Waals surface area contributed by atoms with Crippen LogP contribution >= 0.6 is 11.8 Å². The summed E-state index contributed by atoms with van der Waals surface area (Å²) in [5.74, 6) is -5.94. The van der Waals surface area contributed by atoms with Crippen LogP contribution in [0, 0.1) is 23.3 Å². The minimum Gasteiger partial charge on any atom is -0.323 e. The maximum absolute atomic E-state index is 13.3. The summed E-state index contributed by atoms with van der Waals surface area (Å²) in [7, 11) is 3.75. The van der Waals surface area contributed by atoms with E-state index in [1.807, 2.05) is 20.2 Å². The number of halogens is 4. The minimum atomic E-state index is -1.78. The second-order valence-corrected chi connectivity index (χ2v) is 5.09. The van der Waals surface area contributed by atoms with Crippen LogP contribution in [0.15, 0.2) is 41.3 Å². The molecule has 0 spiro atoms. The predicted octanol–water partition coefficient (Wildman–Crippen LogP) is 4.37. The van der Waals surface area contributed by atoms with Crippen molar-refractivity contribution in [3.63, 3.8) is 0 Å². The fraction of sp³-hybridized carbons (Fsp3) is 0.200. The third kappa shape index (κ3) is 5.06. The summed E-state index contributed by atoms with van der Waals surface area (Å²) in [5, 5.41) is 2.75. The molecule has 0 unspecified atom stereocenters. The molecule has 2 aromatic rings. The van der Waals surface area contributed by atoms with Crippen molar-refractivity contribution in [3.05, 3.63) is 65.2 Å². The quantitative estimate of drug-likeness (QED) is 0.390. The van der Waals surface area contributed by atoms with Crippen molar-refractivity contribution in [3.8, 4) is 0 Å². The summed E-state index contributed by atoms with van der Waals surface area (Å²) in [6, 6.07) is 9.71. The molecule has 1 N–H and O–H groups in total. The predicted molar refractivity (Wildman–Crippen MR) is 77.3 cm³/mol. The van der Waals surface area contributed by atoms with Crippen LogP contribution in [-0.4, -0.2) is 14.1 Å². The van der Waals surface area contributed by atoms with Crippen LogP contribution in [0.4, 0.5) is 17.6 Å². The topological polar surface area (TPSA) is 12.0 Å². The van der Waals surface area contributed by atoms with E-state index in [0.29, 0.717) is 11.8 Å². The van der Waals surface area contributed by atoms with E-state index in [2.05, 4.69) is 5.32 Å². The van der Waals surface area contributed by atoms with E-state index in [-0.39, 0.29) is 4.90 Å². The molecule has 0 aliphatic heterocycles. The fourth-order valence-electron chi connectivity index (χ4n) is 1.39. The molecule has 6 heteroatoms. The highest BCUT2D eigenvalue weighted by Crippen LogP contribution is 2.29. The molecule has 0 heterocycles. The van der Waals surface area contributed by atoms with Crippen LogP contribution in [0.3, 0.4) is 0 Å².